The third kappa shape index (κ3) is 10.0. The fourth-order valence-corrected chi connectivity index (χ4v) is 8.70. The number of hydrogen-bond acceptors (Lipinski definition) is 1. The van der Waals surface area contributed by atoms with Gasteiger partial charge in [0.05, 0.1) is 0 Å². The Hall–Kier alpha value is -3.12. The van der Waals surface area contributed by atoms with Crippen LogP contribution in [0.5, 0.6) is 0 Å². The number of alkyl halides is 3. The predicted octanol–water partition coefficient (Wildman–Crippen LogP) is 7.38. The summed E-state index contributed by atoms with van der Waals surface area (Å²) in [6, 6.07) is 54.3. The zero-order chi connectivity index (χ0) is 29.1. The number of hydrogen-bond donors (Lipinski definition) is 1. The van der Waals surface area contributed by atoms with Gasteiger partial charge in [0.25, 0.3) is 0 Å². The van der Waals surface area contributed by atoms with E-state index in [1.165, 1.54) is 32.3 Å². The van der Waals surface area contributed by atoms with Crippen LogP contribution in [0.2, 0.25) is 0 Å². The second kappa shape index (κ2) is 16.5. The molecule has 0 saturated heterocycles. The average molecular weight is 694 g/mol. The molecule has 0 spiro atoms. The van der Waals surface area contributed by atoms with Crippen molar-refractivity contribution in [3.05, 3.63) is 157 Å². The Balaban J connectivity index is 0.000000541. The Labute approximate surface area is 260 Å². The molecule has 0 unspecified atom stereocenters. The van der Waals surface area contributed by atoms with Crippen molar-refractivity contribution in [1.29, 1.82) is 0 Å². The van der Waals surface area contributed by atoms with Crippen molar-refractivity contribution in [3.8, 4) is 0 Å². The van der Waals surface area contributed by atoms with Gasteiger partial charge in [-0.1, -0.05) is 121 Å². The summed E-state index contributed by atoms with van der Waals surface area (Å²) < 4.78 is 31.7. The Morgan fingerprint density at radius 1 is 0.548 bits per heavy atom. The van der Waals surface area contributed by atoms with E-state index in [0.29, 0.717) is 0 Å². The molecule has 0 heterocycles. The summed E-state index contributed by atoms with van der Waals surface area (Å²) in [7, 11) is -0.947. The minimum Gasteiger partial charge on any atom is -0.475 e. The zero-order valence-electron chi connectivity index (χ0n) is 22.4. The van der Waals surface area contributed by atoms with Gasteiger partial charge >= 0.3 is 12.1 Å². The molecule has 0 aliphatic heterocycles. The fourth-order valence-electron chi connectivity index (χ4n) is 4.19. The second-order valence-corrected chi connectivity index (χ2v) is 13.4. The average Bonchev–Trinajstić information content (AvgIpc) is 3.00. The summed E-state index contributed by atoms with van der Waals surface area (Å²) in [5, 5.41) is 12.8. The van der Waals surface area contributed by atoms with Crippen LogP contribution in [-0.2, 0) is 37.5 Å². The van der Waals surface area contributed by atoms with Crippen LogP contribution < -0.4 is 21.2 Å². The minimum atomic E-state index is -5.08. The van der Waals surface area contributed by atoms with Gasteiger partial charge in [-0.3, -0.25) is 0 Å². The summed E-state index contributed by atoms with van der Waals surface area (Å²) in [6.07, 6.45) is -3.07. The molecule has 8 heteroatoms. The first-order chi connectivity index (χ1) is 19.8. The van der Waals surface area contributed by atoms with Crippen LogP contribution in [0.1, 0.15) is 11.1 Å². The van der Waals surface area contributed by atoms with Crippen LogP contribution in [0.15, 0.2) is 140 Å². The molecule has 0 atom stereocenters. The first-order valence-corrected chi connectivity index (χ1v) is 15.9. The molecule has 0 fully saturated rings. The summed E-state index contributed by atoms with van der Waals surface area (Å²) in [4.78, 5) is 8.90. The van der Waals surface area contributed by atoms with Gasteiger partial charge in [-0.15, -0.1) is 0 Å². The fraction of sp³-hybridized carbons (Fsp3) is 0.0882. The van der Waals surface area contributed by atoms with Crippen molar-refractivity contribution in [1.82, 2.24) is 0 Å². The minimum absolute atomic E-state index is 0. The van der Waals surface area contributed by atoms with E-state index in [1.54, 1.807) is 0 Å². The van der Waals surface area contributed by atoms with Crippen LogP contribution in [0.3, 0.4) is 0 Å². The van der Waals surface area contributed by atoms with Crippen LogP contribution in [-0.4, -0.2) is 17.3 Å². The molecule has 5 aromatic rings. The Bertz CT molecular complexity index is 1320. The monoisotopic (exact) mass is 693 g/mol. The molecule has 0 amide bonds. The number of halogens is 3. The molecular weight excluding hydrogens is 666 g/mol. The van der Waals surface area contributed by atoms with Crippen molar-refractivity contribution in [2.24, 2.45) is 0 Å². The van der Waals surface area contributed by atoms with E-state index >= 15 is 0 Å². The topological polar surface area (TPSA) is 37.3 Å². The van der Waals surface area contributed by atoms with Gasteiger partial charge < -0.3 is 5.11 Å². The van der Waals surface area contributed by atoms with Gasteiger partial charge in [0.1, 0.15) is 0 Å². The molecule has 2 nitrogen and oxygen atoms in total. The number of carbonyl (C=O) groups is 1. The number of carboxylic acids is 1. The van der Waals surface area contributed by atoms with Gasteiger partial charge in [0, 0.05) is 20.4 Å². The van der Waals surface area contributed by atoms with Crippen molar-refractivity contribution >= 4 is 43.0 Å². The molecule has 218 valence electrons. The van der Waals surface area contributed by atoms with Crippen LogP contribution >= 0.6 is 15.8 Å². The largest absolute Gasteiger partial charge is 0.490 e. The molecule has 1 N–H and O–H groups in total. The van der Waals surface area contributed by atoms with Crippen LogP contribution in [0, 0.1) is 6.07 Å². The number of aliphatic carboxylic acids is 1. The van der Waals surface area contributed by atoms with E-state index in [4.69, 9.17) is 9.90 Å². The van der Waals surface area contributed by atoms with Gasteiger partial charge in [-0.2, -0.15) is 48.6 Å². The van der Waals surface area contributed by atoms with Crippen molar-refractivity contribution in [3.63, 3.8) is 0 Å². The first-order valence-electron chi connectivity index (χ1n) is 12.9. The molecule has 0 radical (unpaired) electrons. The smallest absolute Gasteiger partial charge is 0.475 e. The van der Waals surface area contributed by atoms with E-state index in [0.717, 1.165) is 12.3 Å². The number of carboxylic acid groups (broad SMARTS) is 1. The third-order valence-electron chi connectivity index (χ3n) is 6.09. The Morgan fingerprint density at radius 2 is 0.810 bits per heavy atom. The van der Waals surface area contributed by atoms with Crippen molar-refractivity contribution in [2.45, 2.75) is 18.5 Å². The van der Waals surface area contributed by atoms with Crippen LogP contribution in [0.25, 0.3) is 0 Å². The van der Waals surface area contributed by atoms with E-state index in [-0.39, 0.29) is 20.4 Å². The Kier molecular flexibility index (Phi) is 13.1. The predicted molar refractivity (Wildman–Crippen MR) is 165 cm³/mol. The summed E-state index contributed by atoms with van der Waals surface area (Å²) in [6.45, 7) is 0. The maximum Gasteiger partial charge on any atom is 0.490 e. The number of rotatable bonds is 8. The molecule has 0 saturated carbocycles. The van der Waals surface area contributed by atoms with Gasteiger partial charge in [-0.05, 0) is 49.4 Å². The van der Waals surface area contributed by atoms with E-state index < -0.39 is 28.0 Å². The quantitative estimate of drug-likeness (QED) is 0.105. The molecule has 0 aliphatic rings. The van der Waals surface area contributed by atoms with E-state index in [9.17, 15) is 13.2 Å². The molecule has 0 aromatic heterocycles. The van der Waals surface area contributed by atoms with Gasteiger partial charge in [0.15, 0.2) is 0 Å². The molecule has 5 rings (SSSR count). The first kappa shape index (κ1) is 33.4. The van der Waals surface area contributed by atoms with Crippen LogP contribution in [0.4, 0.5) is 13.2 Å². The second-order valence-electron chi connectivity index (χ2n) is 9.02. The van der Waals surface area contributed by atoms with E-state index in [1.807, 2.05) is 0 Å². The van der Waals surface area contributed by atoms with Crippen molar-refractivity contribution < 1.29 is 43.5 Å². The summed E-state index contributed by atoms with van der Waals surface area (Å²) in [5.74, 6) is -2.76. The standard InChI is InChI=1S/C32H27P2.C2HF3O2.Pd/c1-5-16-29(17-6-1)33(30-18-7-2-8-19-30)25-27-14-13-15-28(24-27)26-34(31-20-9-3-10-21-31)32-22-11-4-12-23-32;3-2(4,5)1(6)7;/h1-23H,25-26H2;(H,6,7);/q-1;;. The zero-order valence-corrected chi connectivity index (χ0v) is 25.7. The molecule has 42 heavy (non-hydrogen) atoms. The molecule has 0 aliphatic carbocycles. The SMILES string of the molecule is O=C(O)C(F)(F)F.[Pd].[c-]1c(CP(c2ccccc2)c2ccccc2)cccc1CP(c1ccccc1)c1ccccc1. The molecular formula is C34H28F3O2P2Pd-. The summed E-state index contributed by atoms with van der Waals surface area (Å²) >= 11 is 0. The maximum atomic E-state index is 10.6. The van der Waals surface area contributed by atoms with Gasteiger partial charge in [0.2, 0.25) is 0 Å². The van der Waals surface area contributed by atoms with Gasteiger partial charge in [-0.25, -0.2) is 4.79 Å². The molecule has 0 bridgehead atoms. The normalized spacial score (nSPS) is 10.9. The summed E-state index contributed by atoms with van der Waals surface area (Å²) in [5.41, 5.74) is 2.60. The molecule has 5 aromatic carbocycles. The third-order valence-corrected chi connectivity index (χ3v) is 11.1. The van der Waals surface area contributed by atoms with E-state index in [2.05, 4.69) is 146 Å². The maximum absolute atomic E-state index is 10.6. The number of benzene rings is 5. The van der Waals surface area contributed by atoms with Crippen molar-refractivity contribution in [2.75, 3.05) is 0 Å². The Morgan fingerprint density at radius 3 is 1.05 bits per heavy atom.